The van der Waals surface area contributed by atoms with E-state index in [1.165, 1.54) is 0 Å². The third-order valence-corrected chi connectivity index (χ3v) is 5.15. The van der Waals surface area contributed by atoms with Gasteiger partial charge in [-0.25, -0.2) is 9.97 Å². The first-order valence-electron chi connectivity index (χ1n) is 8.48. The van der Waals surface area contributed by atoms with Crippen LogP contribution in [0.3, 0.4) is 0 Å². The van der Waals surface area contributed by atoms with Crippen LogP contribution in [-0.2, 0) is 11.2 Å². The standard InChI is InChI=1S/C19H20N2O3S/c1-3-23-14-5-4-6-15-17(14)16(13-9-20-19(22-2)21-10-13)18(24-15)12-7-8-25-11-12/h7-11,14H,3-6H2,1-2H3. The van der Waals surface area contributed by atoms with Crippen molar-refractivity contribution in [2.75, 3.05) is 13.7 Å². The molecular weight excluding hydrogens is 336 g/mol. The van der Waals surface area contributed by atoms with E-state index >= 15 is 0 Å². The van der Waals surface area contributed by atoms with Crippen LogP contribution in [0.25, 0.3) is 22.5 Å². The maximum absolute atomic E-state index is 6.31. The van der Waals surface area contributed by atoms with E-state index in [0.29, 0.717) is 12.6 Å². The Balaban J connectivity index is 1.91. The zero-order valence-electron chi connectivity index (χ0n) is 14.3. The highest BCUT2D eigenvalue weighted by atomic mass is 32.1. The SMILES string of the molecule is CCOC1CCCc2oc(-c3ccsc3)c(-c3cnc(OC)nc3)c21. The van der Waals surface area contributed by atoms with Crippen molar-refractivity contribution in [1.29, 1.82) is 0 Å². The minimum absolute atomic E-state index is 0.0574. The van der Waals surface area contributed by atoms with Gasteiger partial charge in [-0.05, 0) is 31.2 Å². The maximum Gasteiger partial charge on any atom is 0.316 e. The van der Waals surface area contributed by atoms with Crippen LogP contribution in [-0.4, -0.2) is 23.7 Å². The fourth-order valence-electron chi connectivity index (χ4n) is 3.41. The van der Waals surface area contributed by atoms with Gasteiger partial charge in [0.05, 0.1) is 13.2 Å². The van der Waals surface area contributed by atoms with Crippen LogP contribution in [0.15, 0.2) is 33.6 Å². The normalized spacial score (nSPS) is 16.6. The number of hydrogen-bond acceptors (Lipinski definition) is 6. The van der Waals surface area contributed by atoms with E-state index < -0.39 is 0 Å². The van der Waals surface area contributed by atoms with Gasteiger partial charge < -0.3 is 13.9 Å². The highest BCUT2D eigenvalue weighted by Crippen LogP contribution is 2.46. The number of aryl methyl sites for hydroxylation is 1. The van der Waals surface area contributed by atoms with Crippen molar-refractivity contribution in [2.24, 2.45) is 0 Å². The molecule has 0 bridgehead atoms. The summed E-state index contributed by atoms with van der Waals surface area (Å²) in [6.07, 6.45) is 6.67. The highest BCUT2D eigenvalue weighted by Gasteiger charge is 2.31. The van der Waals surface area contributed by atoms with Gasteiger partial charge in [-0.1, -0.05) is 0 Å². The van der Waals surface area contributed by atoms with Crippen LogP contribution < -0.4 is 4.74 Å². The number of methoxy groups -OCH3 is 1. The number of hydrogen-bond donors (Lipinski definition) is 0. The van der Waals surface area contributed by atoms with Gasteiger partial charge in [-0.15, -0.1) is 0 Å². The summed E-state index contributed by atoms with van der Waals surface area (Å²) in [7, 11) is 1.57. The molecule has 4 rings (SSSR count). The highest BCUT2D eigenvalue weighted by molar-refractivity contribution is 7.08. The second-order valence-corrected chi connectivity index (χ2v) is 6.73. The predicted octanol–water partition coefficient (Wildman–Crippen LogP) is 4.89. The van der Waals surface area contributed by atoms with Gasteiger partial charge in [-0.2, -0.15) is 11.3 Å². The molecule has 0 fully saturated rings. The third-order valence-electron chi connectivity index (χ3n) is 4.46. The van der Waals surface area contributed by atoms with Crippen molar-refractivity contribution in [3.63, 3.8) is 0 Å². The van der Waals surface area contributed by atoms with E-state index in [0.717, 1.165) is 53.0 Å². The molecule has 1 unspecified atom stereocenters. The van der Waals surface area contributed by atoms with Gasteiger partial charge in [0.25, 0.3) is 0 Å². The molecule has 25 heavy (non-hydrogen) atoms. The number of furan rings is 1. The first-order chi connectivity index (χ1) is 12.3. The van der Waals surface area contributed by atoms with Gasteiger partial charge in [-0.3, -0.25) is 0 Å². The first-order valence-corrected chi connectivity index (χ1v) is 9.42. The van der Waals surface area contributed by atoms with Crippen molar-refractivity contribution in [3.05, 3.63) is 40.5 Å². The fraction of sp³-hybridized carbons (Fsp3) is 0.368. The van der Waals surface area contributed by atoms with Crippen LogP contribution in [0.5, 0.6) is 6.01 Å². The van der Waals surface area contributed by atoms with Crippen molar-refractivity contribution in [3.8, 4) is 28.5 Å². The molecule has 0 aromatic carbocycles. The van der Waals surface area contributed by atoms with Crippen LogP contribution >= 0.6 is 11.3 Å². The summed E-state index contributed by atoms with van der Waals surface area (Å²) in [6, 6.07) is 2.44. The van der Waals surface area contributed by atoms with Crippen LogP contribution in [0.1, 0.15) is 37.2 Å². The molecule has 0 N–H and O–H groups in total. The summed E-state index contributed by atoms with van der Waals surface area (Å²) in [5.41, 5.74) is 4.22. The lowest BCUT2D eigenvalue weighted by molar-refractivity contribution is 0.0486. The zero-order valence-corrected chi connectivity index (χ0v) is 15.1. The van der Waals surface area contributed by atoms with Crippen LogP contribution in [0.2, 0.25) is 0 Å². The summed E-state index contributed by atoms with van der Waals surface area (Å²) < 4.78 is 17.4. The van der Waals surface area contributed by atoms with Gasteiger partial charge >= 0.3 is 6.01 Å². The molecule has 1 aliphatic carbocycles. The molecule has 1 aliphatic rings. The van der Waals surface area contributed by atoms with Crippen LogP contribution in [0.4, 0.5) is 0 Å². The van der Waals surface area contributed by atoms with Crippen molar-refractivity contribution in [1.82, 2.24) is 9.97 Å². The van der Waals surface area contributed by atoms with Crippen molar-refractivity contribution >= 4 is 11.3 Å². The second kappa shape index (κ2) is 6.98. The minimum Gasteiger partial charge on any atom is -0.467 e. The Kier molecular flexibility index (Phi) is 4.55. The molecule has 3 aromatic heterocycles. The van der Waals surface area contributed by atoms with Gasteiger partial charge in [0.2, 0.25) is 0 Å². The van der Waals surface area contributed by atoms with Crippen molar-refractivity contribution < 1.29 is 13.9 Å². The molecule has 6 heteroatoms. The molecule has 3 heterocycles. The summed E-state index contributed by atoms with van der Waals surface area (Å²) >= 11 is 1.66. The molecule has 1 atom stereocenters. The predicted molar refractivity (Wildman–Crippen MR) is 96.9 cm³/mol. The molecule has 5 nitrogen and oxygen atoms in total. The fourth-order valence-corrected chi connectivity index (χ4v) is 4.05. The Labute approximate surface area is 150 Å². The molecule has 0 saturated carbocycles. The summed E-state index contributed by atoms with van der Waals surface area (Å²) in [6.45, 7) is 2.71. The quantitative estimate of drug-likeness (QED) is 0.651. The van der Waals surface area contributed by atoms with Crippen molar-refractivity contribution in [2.45, 2.75) is 32.3 Å². The molecule has 0 spiro atoms. The Bertz CT molecular complexity index is 840. The van der Waals surface area contributed by atoms with Crippen LogP contribution in [0, 0.1) is 0 Å². The molecule has 0 aliphatic heterocycles. The Hall–Kier alpha value is -2.18. The van der Waals surface area contributed by atoms with Gasteiger partial charge in [0.1, 0.15) is 11.5 Å². The Morgan fingerprint density at radius 2 is 2.12 bits per heavy atom. The van der Waals surface area contributed by atoms with E-state index in [2.05, 4.69) is 26.8 Å². The van der Waals surface area contributed by atoms with Gasteiger partial charge in [0.15, 0.2) is 0 Å². The number of aromatic nitrogens is 2. The molecular formula is C19H20N2O3S. The number of thiophene rings is 1. The summed E-state index contributed by atoms with van der Waals surface area (Å²) in [4.78, 5) is 8.56. The lowest BCUT2D eigenvalue weighted by atomic mass is 9.89. The van der Waals surface area contributed by atoms with E-state index in [1.54, 1.807) is 30.8 Å². The second-order valence-electron chi connectivity index (χ2n) is 5.95. The van der Waals surface area contributed by atoms with E-state index in [9.17, 15) is 0 Å². The monoisotopic (exact) mass is 356 g/mol. The topological polar surface area (TPSA) is 57.4 Å². The molecule has 0 amide bonds. The smallest absolute Gasteiger partial charge is 0.316 e. The van der Waals surface area contributed by atoms with Gasteiger partial charge in [0, 0.05) is 53.1 Å². The summed E-state index contributed by atoms with van der Waals surface area (Å²) in [5, 5.41) is 4.17. The lowest BCUT2D eigenvalue weighted by Gasteiger charge is -2.22. The Morgan fingerprint density at radius 1 is 1.28 bits per heavy atom. The number of rotatable bonds is 5. The first kappa shape index (κ1) is 16.3. The molecule has 0 saturated heterocycles. The number of fused-ring (bicyclic) bond motifs is 1. The largest absolute Gasteiger partial charge is 0.467 e. The number of ether oxygens (including phenoxy) is 2. The third kappa shape index (κ3) is 2.96. The maximum atomic E-state index is 6.31. The average molecular weight is 356 g/mol. The Morgan fingerprint density at radius 3 is 2.80 bits per heavy atom. The van der Waals surface area contributed by atoms with E-state index in [1.807, 2.05) is 6.92 Å². The minimum atomic E-state index is 0.0574. The molecule has 130 valence electrons. The van der Waals surface area contributed by atoms with E-state index in [4.69, 9.17) is 13.9 Å². The lowest BCUT2D eigenvalue weighted by Crippen LogP contribution is -2.12. The molecule has 0 radical (unpaired) electrons. The summed E-state index contributed by atoms with van der Waals surface area (Å²) in [5.74, 6) is 1.91. The van der Waals surface area contributed by atoms with E-state index in [-0.39, 0.29) is 6.10 Å². The average Bonchev–Trinajstić information content (AvgIpc) is 3.30. The molecule has 3 aromatic rings. The number of nitrogens with zero attached hydrogens (tertiary/aromatic N) is 2. The zero-order chi connectivity index (χ0) is 17.2.